The number of nitrogens with zero attached hydrogens (tertiary/aromatic N) is 1. The zero-order chi connectivity index (χ0) is 12.4. The molecule has 4 heteroatoms. The summed E-state index contributed by atoms with van der Waals surface area (Å²) in [6.45, 7) is 3.88. The summed E-state index contributed by atoms with van der Waals surface area (Å²) in [7, 11) is 1.35. The molecule has 2 atom stereocenters. The normalized spacial score (nSPS) is 22.9. The van der Waals surface area contributed by atoms with Crippen LogP contribution < -0.4 is 0 Å². The Balaban J connectivity index is 2.30. The van der Waals surface area contributed by atoms with Crippen LogP contribution in [-0.4, -0.2) is 24.9 Å². The summed E-state index contributed by atoms with van der Waals surface area (Å²) >= 11 is 0. The van der Waals surface area contributed by atoms with Crippen molar-refractivity contribution < 1.29 is 14.4 Å². The highest BCUT2D eigenvalue weighted by atomic mass is 16.7. The summed E-state index contributed by atoms with van der Waals surface area (Å²) in [4.78, 5) is 16.7. The van der Waals surface area contributed by atoms with Gasteiger partial charge in [0, 0.05) is 0 Å². The van der Waals surface area contributed by atoms with Crippen molar-refractivity contribution >= 4 is 11.7 Å². The Kier molecular flexibility index (Phi) is 3.13. The van der Waals surface area contributed by atoms with Crippen LogP contribution in [0.1, 0.15) is 24.0 Å². The Hall–Kier alpha value is -1.84. The fourth-order valence-electron chi connectivity index (χ4n) is 1.96. The van der Waals surface area contributed by atoms with Gasteiger partial charge in [-0.25, -0.2) is 4.79 Å². The number of oxime groups is 1. The summed E-state index contributed by atoms with van der Waals surface area (Å²) in [6.07, 6.45) is -0.664. The molecular formula is C13H15NO3. The second kappa shape index (κ2) is 4.57. The van der Waals surface area contributed by atoms with E-state index in [2.05, 4.69) is 5.16 Å². The van der Waals surface area contributed by atoms with E-state index in [4.69, 9.17) is 9.57 Å². The van der Waals surface area contributed by atoms with Crippen LogP contribution in [0.2, 0.25) is 0 Å². The van der Waals surface area contributed by atoms with E-state index < -0.39 is 12.1 Å². The maximum Gasteiger partial charge on any atom is 0.351 e. The number of methoxy groups -OCH3 is 1. The van der Waals surface area contributed by atoms with E-state index in [1.54, 1.807) is 0 Å². The molecular weight excluding hydrogens is 218 g/mol. The van der Waals surface area contributed by atoms with Crippen LogP contribution >= 0.6 is 0 Å². The zero-order valence-electron chi connectivity index (χ0n) is 10.1. The molecule has 0 fully saturated rings. The predicted molar refractivity (Wildman–Crippen MR) is 63.9 cm³/mol. The van der Waals surface area contributed by atoms with Gasteiger partial charge in [0.1, 0.15) is 0 Å². The molecule has 1 heterocycles. The average molecular weight is 233 g/mol. The minimum absolute atomic E-state index is 0.150. The van der Waals surface area contributed by atoms with Gasteiger partial charge in [-0.1, -0.05) is 35.0 Å². The molecule has 2 rings (SSSR count). The van der Waals surface area contributed by atoms with E-state index in [0.29, 0.717) is 0 Å². The van der Waals surface area contributed by atoms with Crippen molar-refractivity contribution in [2.24, 2.45) is 5.16 Å². The first kappa shape index (κ1) is 11.6. The van der Waals surface area contributed by atoms with Crippen molar-refractivity contribution in [2.45, 2.75) is 25.9 Å². The monoisotopic (exact) mass is 233 g/mol. The smallest absolute Gasteiger partial charge is 0.351 e. The molecule has 0 spiro atoms. The molecule has 1 aliphatic heterocycles. The zero-order valence-corrected chi connectivity index (χ0v) is 10.1. The van der Waals surface area contributed by atoms with Crippen LogP contribution in [-0.2, 0) is 14.4 Å². The largest absolute Gasteiger partial charge is 0.466 e. The summed E-state index contributed by atoms with van der Waals surface area (Å²) in [5.74, 6) is -0.542. The highest BCUT2D eigenvalue weighted by molar-refractivity contribution is 5.95. The summed E-state index contributed by atoms with van der Waals surface area (Å²) in [6, 6.07) is 8.00. The van der Waals surface area contributed by atoms with Crippen molar-refractivity contribution in [3.8, 4) is 0 Å². The van der Waals surface area contributed by atoms with Gasteiger partial charge >= 0.3 is 5.97 Å². The van der Waals surface area contributed by atoms with Crippen LogP contribution in [0.15, 0.2) is 29.4 Å². The number of rotatable bonds is 2. The molecule has 1 aromatic carbocycles. The lowest BCUT2D eigenvalue weighted by molar-refractivity contribution is -0.153. The minimum atomic E-state index is -0.664. The highest BCUT2D eigenvalue weighted by Gasteiger charge is 2.39. The van der Waals surface area contributed by atoms with E-state index in [1.165, 1.54) is 12.7 Å². The lowest BCUT2D eigenvalue weighted by atomic mass is 9.89. The molecule has 17 heavy (non-hydrogen) atoms. The van der Waals surface area contributed by atoms with Gasteiger partial charge in [0.05, 0.1) is 18.7 Å². The van der Waals surface area contributed by atoms with Crippen molar-refractivity contribution in [3.63, 3.8) is 0 Å². The van der Waals surface area contributed by atoms with Crippen molar-refractivity contribution in [1.82, 2.24) is 0 Å². The Bertz CT molecular complexity index is 450. The SMILES string of the molecule is COC(=O)[C@@H]1ON=C(C)C1c1ccc(C)cc1. The number of aryl methyl sites for hydroxylation is 1. The van der Waals surface area contributed by atoms with Crippen molar-refractivity contribution in [2.75, 3.05) is 7.11 Å². The van der Waals surface area contributed by atoms with Crippen LogP contribution in [0.3, 0.4) is 0 Å². The van der Waals surface area contributed by atoms with E-state index in [-0.39, 0.29) is 5.92 Å². The van der Waals surface area contributed by atoms with Crippen LogP contribution in [0.25, 0.3) is 0 Å². The Morgan fingerprint density at radius 1 is 1.29 bits per heavy atom. The van der Waals surface area contributed by atoms with E-state index in [9.17, 15) is 4.79 Å². The minimum Gasteiger partial charge on any atom is -0.466 e. The average Bonchev–Trinajstić information content (AvgIpc) is 2.71. The topological polar surface area (TPSA) is 47.9 Å². The Morgan fingerprint density at radius 3 is 2.53 bits per heavy atom. The summed E-state index contributed by atoms with van der Waals surface area (Å²) in [5.41, 5.74) is 2.99. The number of carbonyl (C=O) groups is 1. The van der Waals surface area contributed by atoms with Crippen molar-refractivity contribution in [1.29, 1.82) is 0 Å². The fourth-order valence-corrected chi connectivity index (χ4v) is 1.96. The van der Waals surface area contributed by atoms with Crippen LogP contribution in [0, 0.1) is 6.92 Å². The Labute approximate surface area is 100 Å². The van der Waals surface area contributed by atoms with Gasteiger partial charge in [0.15, 0.2) is 0 Å². The number of hydrogen-bond donors (Lipinski definition) is 0. The molecule has 0 aliphatic carbocycles. The molecule has 0 radical (unpaired) electrons. The second-order valence-electron chi connectivity index (χ2n) is 4.17. The van der Waals surface area contributed by atoms with Gasteiger partial charge in [-0.3, -0.25) is 0 Å². The first-order valence-corrected chi connectivity index (χ1v) is 5.48. The van der Waals surface area contributed by atoms with Gasteiger partial charge in [-0.2, -0.15) is 0 Å². The third-order valence-corrected chi connectivity index (χ3v) is 2.93. The maximum absolute atomic E-state index is 11.6. The van der Waals surface area contributed by atoms with Gasteiger partial charge in [-0.15, -0.1) is 0 Å². The number of benzene rings is 1. The van der Waals surface area contributed by atoms with Gasteiger partial charge in [0.2, 0.25) is 6.10 Å². The molecule has 0 saturated heterocycles. The fraction of sp³-hybridized carbons (Fsp3) is 0.385. The molecule has 0 aromatic heterocycles. The van der Waals surface area contributed by atoms with E-state index in [0.717, 1.165) is 11.3 Å². The highest BCUT2D eigenvalue weighted by Crippen LogP contribution is 2.30. The molecule has 0 N–H and O–H groups in total. The lowest BCUT2D eigenvalue weighted by Crippen LogP contribution is -2.29. The molecule has 0 bridgehead atoms. The summed E-state index contributed by atoms with van der Waals surface area (Å²) in [5, 5.41) is 3.88. The Morgan fingerprint density at radius 2 is 1.94 bits per heavy atom. The first-order valence-electron chi connectivity index (χ1n) is 5.48. The maximum atomic E-state index is 11.6. The van der Waals surface area contributed by atoms with Crippen molar-refractivity contribution in [3.05, 3.63) is 35.4 Å². The molecule has 90 valence electrons. The van der Waals surface area contributed by atoms with Crippen LogP contribution in [0.4, 0.5) is 0 Å². The van der Waals surface area contributed by atoms with Gasteiger partial charge < -0.3 is 9.57 Å². The molecule has 4 nitrogen and oxygen atoms in total. The number of esters is 1. The molecule has 1 aliphatic rings. The molecule has 0 amide bonds. The van der Waals surface area contributed by atoms with Gasteiger partial charge in [0.25, 0.3) is 0 Å². The molecule has 1 unspecified atom stereocenters. The van der Waals surface area contributed by atoms with E-state index >= 15 is 0 Å². The molecule has 1 aromatic rings. The third-order valence-electron chi connectivity index (χ3n) is 2.93. The third kappa shape index (κ3) is 2.16. The number of hydrogen-bond acceptors (Lipinski definition) is 4. The predicted octanol–water partition coefficient (Wildman–Crippen LogP) is 2.03. The van der Waals surface area contributed by atoms with E-state index in [1.807, 2.05) is 38.1 Å². The quantitative estimate of drug-likeness (QED) is 0.734. The number of ether oxygens (including phenoxy) is 1. The summed E-state index contributed by atoms with van der Waals surface area (Å²) < 4.78 is 4.72. The van der Waals surface area contributed by atoms with Gasteiger partial charge in [-0.05, 0) is 19.4 Å². The second-order valence-corrected chi connectivity index (χ2v) is 4.17. The first-order chi connectivity index (χ1) is 8.13. The molecule has 0 saturated carbocycles. The lowest BCUT2D eigenvalue weighted by Gasteiger charge is -2.16. The van der Waals surface area contributed by atoms with Crippen LogP contribution in [0.5, 0.6) is 0 Å². The number of carbonyl (C=O) groups excluding carboxylic acids is 1. The standard InChI is InChI=1S/C13H15NO3/c1-8-4-6-10(7-5-8)11-9(2)14-17-12(11)13(15)16-3/h4-7,11-12H,1-3H3/t11?,12-/m1/s1.